The highest BCUT2D eigenvalue weighted by Gasteiger charge is 2.20. The second-order valence-electron chi connectivity index (χ2n) is 4.52. The molecule has 1 heterocycles. The number of carbonyl (C=O) groups is 2. The van der Waals surface area contributed by atoms with Crippen molar-refractivity contribution in [2.24, 2.45) is 0 Å². The smallest absolute Gasteiger partial charge is 0.419 e. The van der Waals surface area contributed by atoms with E-state index in [1.807, 2.05) is 0 Å². The quantitative estimate of drug-likeness (QED) is 0.724. The summed E-state index contributed by atoms with van der Waals surface area (Å²) in [7, 11) is 0. The fourth-order valence-corrected chi connectivity index (χ4v) is 1.26. The van der Waals surface area contributed by atoms with Gasteiger partial charge in [-0.05, 0) is 32.9 Å². The molecule has 0 aliphatic rings. The van der Waals surface area contributed by atoms with Gasteiger partial charge in [0.2, 0.25) is 0 Å². The maximum atomic E-state index is 11.8. The molecule has 0 spiro atoms. The topological polar surface area (TPSA) is 48.3 Å². The van der Waals surface area contributed by atoms with Gasteiger partial charge in [-0.15, -0.1) is 0 Å². The van der Waals surface area contributed by atoms with Crippen LogP contribution < -0.4 is 0 Å². The molecule has 0 N–H and O–H groups in total. The highest BCUT2D eigenvalue weighted by atomic mass is 16.6. The van der Waals surface area contributed by atoms with Gasteiger partial charge in [-0.2, -0.15) is 0 Å². The van der Waals surface area contributed by atoms with E-state index in [-0.39, 0.29) is 5.78 Å². The first kappa shape index (κ1) is 12.5. The molecule has 0 radical (unpaired) electrons. The Kier molecular flexibility index (Phi) is 3.52. The summed E-state index contributed by atoms with van der Waals surface area (Å²) in [6.45, 7) is 7.12. The van der Waals surface area contributed by atoms with E-state index in [4.69, 9.17) is 4.74 Å². The summed E-state index contributed by atoms with van der Waals surface area (Å²) in [6, 6.07) is 3.28. The first-order valence-corrected chi connectivity index (χ1v) is 5.29. The molecule has 0 aliphatic carbocycles. The van der Waals surface area contributed by atoms with Crippen molar-refractivity contribution < 1.29 is 14.3 Å². The van der Waals surface area contributed by atoms with E-state index < -0.39 is 11.7 Å². The minimum absolute atomic E-state index is 0.0733. The van der Waals surface area contributed by atoms with Crippen LogP contribution in [0.2, 0.25) is 0 Å². The van der Waals surface area contributed by atoms with E-state index >= 15 is 0 Å². The first-order valence-electron chi connectivity index (χ1n) is 5.29. The summed E-state index contributed by atoms with van der Waals surface area (Å²) in [6.07, 6.45) is 1.39. The van der Waals surface area contributed by atoms with E-state index in [2.05, 4.69) is 0 Å². The van der Waals surface area contributed by atoms with Gasteiger partial charge in [-0.25, -0.2) is 9.36 Å². The molecule has 4 nitrogen and oxygen atoms in total. The van der Waals surface area contributed by atoms with E-state index in [0.717, 1.165) is 0 Å². The molecule has 4 heteroatoms. The van der Waals surface area contributed by atoms with Crippen LogP contribution in [0.1, 0.15) is 44.6 Å². The highest BCUT2D eigenvalue weighted by molar-refractivity contribution is 5.97. The lowest BCUT2D eigenvalue weighted by atomic mass is 10.2. The van der Waals surface area contributed by atoms with Crippen molar-refractivity contribution in [3.8, 4) is 0 Å². The molecule has 0 atom stereocenters. The zero-order valence-corrected chi connectivity index (χ0v) is 10.1. The van der Waals surface area contributed by atoms with Crippen LogP contribution in [-0.2, 0) is 4.74 Å². The van der Waals surface area contributed by atoms with Crippen molar-refractivity contribution in [3.63, 3.8) is 0 Å². The molecule has 1 rings (SSSR count). The molecule has 0 saturated heterocycles. The number of ether oxygens (including phenoxy) is 1. The lowest BCUT2D eigenvalue weighted by molar-refractivity contribution is 0.0528. The SMILES string of the molecule is CCC(=O)c1cccn1C(=O)OC(C)(C)C. The van der Waals surface area contributed by atoms with Crippen LogP contribution in [0.5, 0.6) is 0 Å². The minimum Gasteiger partial charge on any atom is -0.443 e. The van der Waals surface area contributed by atoms with Gasteiger partial charge in [0.1, 0.15) is 5.60 Å². The molecule has 0 amide bonds. The van der Waals surface area contributed by atoms with Crippen molar-refractivity contribution in [3.05, 3.63) is 24.0 Å². The Hall–Kier alpha value is -1.58. The van der Waals surface area contributed by atoms with Crippen molar-refractivity contribution >= 4 is 11.9 Å². The van der Waals surface area contributed by atoms with Gasteiger partial charge in [-0.1, -0.05) is 6.92 Å². The Bertz CT molecular complexity index is 399. The Balaban J connectivity index is 2.93. The standard InChI is InChI=1S/C12H17NO3/c1-5-10(14)9-7-6-8-13(9)11(15)16-12(2,3)4/h6-8H,5H2,1-4H3. The third-order valence-electron chi connectivity index (χ3n) is 1.95. The van der Waals surface area contributed by atoms with Gasteiger partial charge in [0.05, 0.1) is 5.69 Å². The lowest BCUT2D eigenvalue weighted by Gasteiger charge is -2.20. The van der Waals surface area contributed by atoms with Crippen LogP contribution in [0.15, 0.2) is 18.3 Å². The van der Waals surface area contributed by atoms with Crippen LogP contribution in [0, 0.1) is 0 Å². The Labute approximate surface area is 95.2 Å². The number of Topliss-reactive ketones (excluding diaryl/α,β-unsaturated/α-hetero) is 1. The molecule has 0 saturated carbocycles. The Morgan fingerprint density at radius 1 is 1.38 bits per heavy atom. The van der Waals surface area contributed by atoms with Gasteiger partial charge in [0.15, 0.2) is 5.78 Å². The number of hydrogen-bond donors (Lipinski definition) is 0. The van der Waals surface area contributed by atoms with Crippen molar-refractivity contribution in [2.45, 2.75) is 39.7 Å². The van der Waals surface area contributed by atoms with Crippen molar-refractivity contribution in [1.82, 2.24) is 4.57 Å². The molecule has 0 aliphatic heterocycles. The van der Waals surface area contributed by atoms with Gasteiger partial charge >= 0.3 is 6.09 Å². The molecule has 1 aromatic heterocycles. The number of nitrogens with zero attached hydrogens (tertiary/aromatic N) is 1. The average molecular weight is 223 g/mol. The second kappa shape index (κ2) is 4.51. The molecular weight excluding hydrogens is 206 g/mol. The van der Waals surface area contributed by atoms with E-state index in [1.54, 1.807) is 39.8 Å². The van der Waals surface area contributed by atoms with Crippen LogP contribution in [0.25, 0.3) is 0 Å². The molecule has 0 bridgehead atoms. The predicted octanol–water partition coefficient (Wildman–Crippen LogP) is 2.86. The second-order valence-corrected chi connectivity index (χ2v) is 4.52. The maximum absolute atomic E-state index is 11.8. The average Bonchev–Trinajstić information content (AvgIpc) is 2.62. The summed E-state index contributed by atoms with van der Waals surface area (Å²) in [5.74, 6) is -0.0733. The Morgan fingerprint density at radius 3 is 2.50 bits per heavy atom. The predicted molar refractivity (Wildman–Crippen MR) is 60.7 cm³/mol. The number of ketones is 1. The summed E-state index contributed by atoms with van der Waals surface area (Å²) in [5, 5.41) is 0. The molecule has 0 aromatic carbocycles. The highest BCUT2D eigenvalue weighted by Crippen LogP contribution is 2.12. The van der Waals surface area contributed by atoms with Crippen LogP contribution in [-0.4, -0.2) is 22.0 Å². The summed E-state index contributed by atoms with van der Waals surface area (Å²) in [5.41, 5.74) is -0.190. The summed E-state index contributed by atoms with van der Waals surface area (Å²) in [4.78, 5) is 23.3. The van der Waals surface area contributed by atoms with Crippen LogP contribution in [0.4, 0.5) is 4.79 Å². The molecular formula is C12H17NO3. The lowest BCUT2D eigenvalue weighted by Crippen LogP contribution is -2.28. The molecule has 0 unspecified atom stereocenters. The summed E-state index contributed by atoms with van der Waals surface area (Å²) < 4.78 is 6.44. The van der Waals surface area contributed by atoms with E-state index in [0.29, 0.717) is 12.1 Å². The molecule has 0 fully saturated rings. The number of rotatable bonds is 2. The molecule has 16 heavy (non-hydrogen) atoms. The Morgan fingerprint density at radius 2 is 2.00 bits per heavy atom. The van der Waals surface area contributed by atoms with E-state index in [1.165, 1.54) is 10.8 Å². The normalized spacial score (nSPS) is 11.2. The monoisotopic (exact) mass is 223 g/mol. The molecule has 88 valence electrons. The van der Waals surface area contributed by atoms with Crippen LogP contribution in [0.3, 0.4) is 0 Å². The van der Waals surface area contributed by atoms with Gasteiger partial charge < -0.3 is 4.74 Å². The molecule has 1 aromatic rings. The van der Waals surface area contributed by atoms with Gasteiger partial charge in [0.25, 0.3) is 0 Å². The number of hydrogen-bond acceptors (Lipinski definition) is 3. The van der Waals surface area contributed by atoms with Crippen LogP contribution >= 0.6 is 0 Å². The van der Waals surface area contributed by atoms with E-state index in [9.17, 15) is 9.59 Å². The zero-order chi connectivity index (χ0) is 12.3. The first-order chi connectivity index (χ1) is 7.35. The zero-order valence-electron chi connectivity index (χ0n) is 10.1. The summed E-state index contributed by atoms with van der Waals surface area (Å²) >= 11 is 0. The van der Waals surface area contributed by atoms with Crippen molar-refractivity contribution in [2.75, 3.05) is 0 Å². The largest absolute Gasteiger partial charge is 0.443 e. The fourth-order valence-electron chi connectivity index (χ4n) is 1.26. The third kappa shape index (κ3) is 2.95. The number of aromatic nitrogens is 1. The van der Waals surface area contributed by atoms with Crippen molar-refractivity contribution in [1.29, 1.82) is 0 Å². The van der Waals surface area contributed by atoms with Gasteiger partial charge in [0, 0.05) is 12.6 Å². The number of carbonyl (C=O) groups excluding carboxylic acids is 2. The van der Waals surface area contributed by atoms with Gasteiger partial charge in [-0.3, -0.25) is 4.79 Å². The minimum atomic E-state index is -0.562. The maximum Gasteiger partial charge on any atom is 0.419 e. The fraction of sp³-hybridized carbons (Fsp3) is 0.500. The third-order valence-corrected chi connectivity index (χ3v) is 1.95.